The zero-order chi connectivity index (χ0) is 76.9. The molecule has 6 aromatic carbocycles. The minimum atomic E-state index is -0.640. The highest BCUT2D eigenvalue weighted by Crippen LogP contribution is 2.13. The second kappa shape index (κ2) is 51.2. The number of hydrogen-bond donors (Lipinski definition) is 1. The van der Waals surface area contributed by atoms with Gasteiger partial charge in [-0.05, 0) is 74.9 Å². The van der Waals surface area contributed by atoms with Gasteiger partial charge in [-0.2, -0.15) is 0 Å². The first kappa shape index (κ1) is 90.3. The van der Waals surface area contributed by atoms with Crippen molar-refractivity contribution in [1.82, 2.24) is 39.6 Å². The molecule has 2 saturated heterocycles. The average molecular weight is 1620 g/mol. The number of hydrogen-bond acceptors (Lipinski definition) is 24. The molecule has 0 amide bonds. The standard InChI is InChI=1S/C41H54N4O8.C35H44N4O6.C6H11BrO2.BrH/c1-41(2,3)53-40(49)30-45-25-23-43(28-38(47)51-32-35-15-9-5-10-16-35)21-19-42(27-37(46)50-31-34-13-7-4-8-14-34)20-22-44(24-26-45)29-39(48)52-33-36-17-11-6-12-18-36;40-33(43-27-30-10-4-1-5-11-30)24-37-18-16-36-17-19-38(25-34(41)44-28-31-12-6-2-7-13-31)21-23-39(22-20-37)26-35(42)45-29-32-14-8-3-9-15-32;1-6(2,3)9-5(8)4-7;/h4-18H,19-33H2,1-3H3;1-15,36H,16-29H2;4H2,1-3H3;1H. The third kappa shape index (κ3) is 41.9. The molecular weight excluding hydrogens is 1510 g/mol. The maximum atomic E-state index is 13.1. The fraction of sp³-hybridized carbons (Fsp3) is 0.463. The molecule has 0 unspecified atom stereocenters. The Hall–Kier alpha value is -8.28. The van der Waals surface area contributed by atoms with Crippen molar-refractivity contribution in [3.8, 4) is 0 Å². The Labute approximate surface area is 656 Å². The summed E-state index contributed by atoms with van der Waals surface area (Å²) in [6, 6.07) is 57.3. The molecule has 0 aromatic heterocycles. The predicted octanol–water partition coefficient (Wildman–Crippen LogP) is 8.81. The maximum absolute atomic E-state index is 13.1. The molecule has 0 bridgehead atoms. The fourth-order valence-corrected chi connectivity index (χ4v) is 11.0. The van der Waals surface area contributed by atoms with Crippen molar-refractivity contribution in [2.24, 2.45) is 0 Å². The average Bonchev–Trinajstić information content (AvgIpc) is 0.881. The molecule has 2 heterocycles. The highest BCUT2D eigenvalue weighted by atomic mass is 79.9. The quantitative estimate of drug-likeness (QED) is 0.0287. The van der Waals surface area contributed by atoms with Crippen LogP contribution in [0.1, 0.15) is 74.9 Å². The highest BCUT2D eigenvalue weighted by Gasteiger charge is 2.26. The molecule has 0 spiro atoms. The Kier molecular flexibility index (Phi) is 42.8. The van der Waals surface area contributed by atoms with Crippen LogP contribution in [0, 0.1) is 0 Å². The third-order valence-corrected chi connectivity index (χ3v) is 16.9. The van der Waals surface area contributed by atoms with Gasteiger partial charge in [-0.3, -0.25) is 72.7 Å². The van der Waals surface area contributed by atoms with Crippen LogP contribution in [0.4, 0.5) is 0 Å². The lowest BCUT2D eigenvalue weighted by Crippen LogP contribution is -2.49. The normalized spacial score (nSPS) is 15.2. The number of nitrogens with one attached hydrogen (secondary N) is 1. The first-order valence-electron chi connectivity index (χ1n) is 36.4. The molecule has 1 N–H and O–H groups in total. The molecule has 0 atom stereocenters. The molecule has 2 aliphatic rings. The van der Waals surface area contributed by atoms with Gasteiger partial charge in [-0.15, -0.1) is 17.0 Å². The van der Waals surface area contributed by atoms with Gasteiger partial charge in [0.1, 0.15) is 56.2 Å². The molecule has 0 radical (unpaired) electrons. The second-order valence-electron chi connectivity index (χ2n) is 27.9. The second-order valence-corrected chi connectivity index (χ2v) is 28.4. The molecule has 2 aliphatic heterocycles. The van der Waals surface area contributed by atoms with E-state index in [2.05, 4.69) is 21.2 Å². The Bertz CT molecular complexity index is 3410. The summed E-state index contributed by atoms with van der Waals surface area (Å²) in [5, 5.41) is 3.69. The number of benzene rings is 6. The number of ether oxygens (including phenoxy) is 8. The van der Waals surface area contributed by atoms with E-state index in [0.717, 1.165) is 33.4 Å². The van der Waals surface area contributed by atoms with Crippen LogP contribution in [-0.4, -0.2) is 249 Å². The van der Waals surface area contributed by atoms with Gasteiger partial charge in [0.25, 0.3) is 0 Å². The molecule has 6 aromatic rings. The van der Waals surface area contributed by atoms with Gasteiger partial charge < -0.3 is 43.2 Å². The lowest BCUT2D eigenvalue weighted by molar-refractivity contribution is -0.157. The summed E-state index contributed by atoms with van der Waals surface area (Å²) in [6.45, 7) is 21.2. The van der Waals surface area contributed by atoms with Gasteiger partial charge >= 0.3 is 47.8 Å². The predicted molar refractivity (Wildman–Crippen MR) is 421 cm³/mol. The first-order chi connectivity index (χ1) is 51.5. The highest BCUT2D eigenvalue weighted by molar-refractivity contribution is 9.09. The maximum Gasteiger partial charge on any atom is 0.320 e. The van der Waals surface area contributed by atoms with E-state index in [-0.39, 0.29) is 161 Å². The van der Waals surface area contributed by atoms with Crippen LogP contribution < -0.4 is 5.32 Å². The van der Waals surface area contributed by atoms with Crippen LogP contribution in [0.5, 0.6) is 0 Å². The van der Waals surface area contributed by atoms with Crippen molar-refractivity contribution in [1.29, 1.82) is 0 Å². The number of alkyl halides is 1. The minimum Gasteiger partial charge on any atom is -0.460 e. The zero-order valence-electron chi connectivity index (χ0n) is 63.5. The Morgan fingerprint density at radius 1 is 0.278 bits per heavy atom. The van der Waals surface area contributed by atoms with Crippen molar-refractivity contribution in [3.05, 3.63) is 215 Å². The van der Waals surface area contributed by atoms with Crippen LogP contribution in [0.3, 0.4) is 0 Å². The fourth-order valence-electron chi connectivity index (χ4n) is 10.9. The van der Waals surface area contributed by atoms with Crippen LogP contribution in [0.25, 0.3) is 0 Å². The van der Waals surface area contributed by atoms with E-state index in [1.165, 1.54) is 0 Å². The summed E-state index contributed by atoms with van der Waals surface area (Å²) in [7, 11) is 0. The van der Waals surface area contributed by atoms with Crippen molar-refractivity contribution in [3.63, 3.8) is 0 Å². The lowest BCUT2D eigenvalue weighted by Gasteiger charge is -2.33. The molecule has 588 valence electrons. The van der Waals surface area contributed by atoms with Crippen LogP contribution in [0.15, 0.2) is 182 Å². The molecule has 0 saturated carbocycles. The van der Waals surface area contributed by atoms with Crippen LogP contribution >= 0.6 is 32.9 Å². The molecule has 108 heavy (non-hydrogen) atoms. The first-order valence-corrected chi connectivity index (χ1v) is 37.6. The number of nitrogens with zero attached hydrogens (tertiary/aromatic N) is 7. The molecule has 8 rings (SSSR count). The van der Waals surface area contributed by atoms with Crippen molar-refractivity contribution in [2.75, 3.05) is 156 Å². The topological polar surface area (TPSA) is 245 Å². The van der Waals surface area contributed by atoms with E-state index >= 15 is 0 Å². The number of carbonyl (C=O) groups excluding carboxylic acids is 8. The van der Waals surface area contributed by atoms with Crippen molar-refractivity contribution in [2.45, 2.75) is 92.4 Å². The number of esters is 8. The van der Waals surface area contributed by atoms with Gasteiger partial charge in [0.2, 0.25) is 0 Å². The van der Waals surface area contributed by atoms with Crippen molar-refractivity contribution < 1.29 is 76.3 Å². The zero-order valence-corrected chi connectivity index (χ0v) is 66.8. The molecule has 24 nitrogen and oxygen atoms in total. The number of halogens is 2. The van der Waals surface area contributed by atoms with Crippen LogP contribution in [-0.2, 0) is 116 Å². The van der Waals surface area contributed by atoms with E-state index in [4.69, 9.17) is 37.9 Å². The number of rotatable bonds is 27. The molecule has 0 aliphatic carbocycles. The summed E-state index contributed by atoms with van der Waals surface area (Å²) in [5.41, 5.74) is 4.49. The Balaban J connectivity index is 0.000000347. The smallest absolute Gasteiger partial charge is 0.320 e. The Morgan fingerprint density at radius 3 is 0.611 bits per heavy atom. The van der Waals surface area contributed by atoms with E-state index in [1.54, 1.807) is 0 Å². The minimum absolute atomic E-state index is 0. The van der Waals surface area contributed by atoms with Gasteiger partial charge in [-0.1, -0.05) is 198 Å². The molecule has 2 fully saturated rings. The summed E-state index contributed by atoms with van der Waals surface area (Å²) in [6.07, 6.45) is 0. The van der Waals surface area contributed by atoms with Gasteiger partial charge in [-0.25, -0.2) is 0 Å². The number of carbonyl (C=O) groups is 8. The van der Waals surface area contributed by atoms with Gasteiger partial charge in [0.05, 0.1) is 45.8 Å². The molecule has 26 heteroatoms. The summed E-state index contributed by atoms with van der Waals surface area (Å²) in [4.78, 5) is 115. The van der Waals surface area contributed by atoms with Gasteiger partial charge in [0, 0.05) is 105 Å². The monoisotopic (exact) mass is 1620 g/mol. The van der Waals surface area contributed by atoms with E-state index in [1.807, 2.05) is 258 Å². The third-order valence-electron chi connectivity index (χ3n) is 16.5. The van der Waals surface area contributed by atoms with E-state index < -0.39 is 5.60 Å². The van der Waals surface area contributed by atoms with Crippen LogP contribution in [0.2, 0.25) is 0 Å². The van der Waals surface area contributed by atoms with Gasteiger partial charge in [0.15, 0.2) is 0 Å². The molecular formula is C82H110Br2N8O16. The summed E-state index contributed by atoms with van der Waals surface area (Å²) in [5.74, 6) is -2.58. The van der Waals surface area contributed by atoms with Crippen molar-refractivity contribution >= 4 is 80.7 Å². The lowest BCUT2D eigenvalue weighted by atomic mass is 10.2. The largest absolute Gasteiger partial charge is 0.460 e. The summed E-state index contributed by atoms with van der Waals surface area (Å²) < 4.78 is 44.0. The SMILES string of the molecule is Br.CC(C)(C)OC(=O)CBr.CC(C)(C)OC(=O)CN1CCN(CC(=O)OCc2ccccc2)CCN(CC(=O)OCc2ccccc2)CCN(CC(=O)OCc2ccccc2)CC1.O=C(CN1CCNCCN(CC(=O)OCc2ccccc2)CCN(CC(=O)OCc2ccccc2)CC1)OCc1ccccc1. The van der Waals surface area contributed by atoms with E-state index in [9.17, 15) is 38.4 Å². The summed E-state index contributed by atoms with van der Waals surface area (Å²) >= 11 is 2.99. The van der Waals surface area contributed by atoms with E-state index in [0.29, 0.717) is 105 Å². The Morgan fingerprint density at radius 2 is 0.444 bits per heavy atom.